The van der Waals surface area contributed by atoms with Crippen LogP contribution in [0.1, 0.15) is 35.5 Å². The molecule has 5 nitrogen and oxygen atoms in total. The van der Waals surface area contributed by atoms with Crippen LogP contribution in [0.4, 0.5) is 0 Å². The van der Waals surface area contributed by atoms with Gasteiger partial charge in [0.25, 0.3) is 0 Å². The first-order valence-electron chi connectivity index (χ1n) is 8.96. The average molecular weight is 343 g/mol. The molecule has 0 spiro atoms. The minimum atomic E-state index is 0.309. The maximum atomic E-state index is 5.85. The van der Waals surface area contributed by atoms with Crippen LogP contribution in [0.3, 0.4) is 0 Å². The lowest BCUT2D eigenvalue weighted by Gasteiger charge is -2.25. The molecule has 1 fully saturated rings. The van der Waals surface area contributed by atoms with Crippen molar-refractivity contribution < 1.29 is 18.6 Å². The van der Waals surface area contributed by atoms with Gasteiger partial charge in [0.2, 0.25) is 6.79 Å². The molecule has 0 bridgehead atoms. The van der Waals surface area contributed by atoms with Gasteiger partial charge in [0.1, 0.15) is 11.5 Å². The summed E-state index contributed by atoms with van der Waals surface area (Å²) in [6.45, 7) is 7.82. The predicted octanol–water partition coefficient (Wildman–Crippen LogP) is 3.81. The molecule has 2 aromatic rings. The molecule has 25 heavy (non-hydrogen) atoms. The maximum absolute atomic E-state index is 5.85. The third-order valence-electron chi connectivity index (χ3n) is 4.89. The molecule has 1 atom stereocenters. The molecule has 0 radical (unpaired) electrons. The first-order valence-corrected chi connectivity index (χ1v) is 8.96. The summed E-state index contributed by atoms with van der Waals surface area (Å²) in [7, 11) is 0. The van der Waals surface area contributed by atoms with E-state index in [1.165, 1.54) is 11.1 Å². The Bertz CT molecular complexity index is 733. The molecule has 1 saturated heterocycles. The van der Waals surface area contributed by atoms with Gasteiger partial charge in [-0.3, -0.25) is 4.90 Å². The summed E-state index contributed by atoms with van der Waals surface area (Å²) >= 11 is 0. The number of aryl methyl sites for hydroxylation is 2. The largest absolute Gasteiger partial charge is 0.465 e. The highest BCUT2D eigenvalue weighted by atomic mass is 16.7. The van der Waals surface area contributed by atoms with Crippen molar-refractivity contribution in [2.24, 2.45) is 0 Å². The lowest BCUT2D eigenvalue weighted by molar-refractivity contribution is 0.0653. The Kier molecular flexibility index (Phi) is 4.68. The van der Waals surface area contributed by atoms with E-state index in [-0.39, 0.29) is 0 Å². The maximum Gasteiger partial charge on any atom is 0.231 e. The van der Waals surface area contributed by atoms with Crippen molar-refractivity contribution in [3.63, 3.8) is 0 Å². The van der Waals surface area contributed by atoms with Gasteiger partial charge in [0.05, 0.1) is 12.6 Å². The van der Waals surface area contributed by atoms with Crippen LogP contribution in [-0.2, 0) is 17.8 Å². The van der Waals surface area contributed by atoms with Crippen molar-refractivity contribution in [3.05, 3.63) is 46.9 Å². The van der Waals surface area contributed by atoms with E-state index in [1.807, 2.05) is 13.0 Å². The Hall–Kier alpha value is -1.98. The van der Waals surface area contributed by atoms with Gasteiger partial charge >= 0.3 is 0 Å². The molecule has 0 aliphatic carbocycles. The second-order valence-electron chi connectivity index (χ2n) is 6.95. The van der Waals surface area contributed by atoms with E-state index in [0.717, 1.165) is 62.1 Å². The molecule has 4 rings (SSSR count). The van der Waals surface area contributed by atoms with Crippen molar-refractivity contribution in [3.8, 4) is 11.5 Å². The summed E-state index contributed by atoms with van der Waals surface area (Å²) in [5.41, 5.74) is 2.47. The lowest BCUT2D eigenvalue weighted by Crippen LogP contribution is -2.31. The van der Waals surface area contributed by atoms with Crippen LogP contribution in [-0.4, -0.2) is 30.9 Å². The molecule has 1 aromatic carbocycles. The molecule has 1 aromatic heterocycles. The average Bonchev–Trinajstić information content (AvgIpc) is 3.31. The summed E-state index contributed by atoms with van der Waals surface area (Å²) in [5.74, 6) is 3.63. The van der Waals surface area contributed by atoms with Crippen LogP contribution in [0.15, 0.2) is 28.7 Å². The zero-order chi connectivity index (χ0) is 17.2. The number of furan rings is 1. The number of benzene rings is 1. The standard InChI is InChI=1S/C20H25NO4/c1-14-8-19-20(24-13-23-19)9-16(14)10-21(11-17-4-3-7-22-17)12-18-6-5-15(2)25-18/h5-6,8-9,17H,3-4,7,10-13H2,1-2H3. The van der Waals surface area contributed by atoms with Crippen molar-refractivity contribution >= 4 is 0 Å². The topological polar surface area (TPSA) is 44.1 Å². The van der Waals surface area contributed by atoms with Gasteiger partial charge in [-0.2, -0.15) is 0 Å². The fraction of sp³-hybridized carbons (Fsp3) is 0.500. The lowest BCUT2D eigenvalue weighted by atomic mass is 10.1. The number of rotatable bonds is 6. The van der Waals surface area contributed by atoms with E-state index in [4.69, 9.17) is 18.6 Å². The highest BCUT2D eigenvalue weighted by molar-refractivity contribution is 5.48. The molecule has 0 N–H and O–H groups in total. The van der Waals surface area contributed by atoms with Crippen molar-refractivity contribution in [1.29, 1.82) is 0 Å². The Morgan fingerprint density at radius 1 is 1.08 bits per heavy atom. The van der Waals surface area contributed by atoms with Gasteiger partial charge in [0, 0.05) is 19.7 Å². The number of hydrogen-bond donors (Lipinski definition) is 0. The summed E-state index contributed by atoms with van der Waals surface area (Å²) in [6.07, 6.45) is 2.60. The second-order valence-corrected chi connectivity index (χ2v) is 6.95. The third-order valence-corrected chi connectivity index (χ3v) is 4.89. The van der Waals surface area contributed by atoms with Crippen LogP contribution in [0.5, 0.6) is 11.5 Å². The highest BCUT2D eigenvalue weighted by Gasteiger charge is 2.22. The Morgan fingerprint density at radius 3 is 2.64 bits per heavy atom. The number of ether oxygens (including phenoxy) is 3. The number of fused-ring (bicyclic) bond motifs is 1. The molecule has 3 heterocycles. The van der Waals surface area contributed by atoms with Gasteiger partial charge < -0.3 is 18.6 Å². The van der Waals surface area contributed by atoms with E-state index in [0.29, 0.717) is 12.9 Å². The zero-order valence-electron chi connectivity index (χ0n) is 14.9. The molecule has 0 amide bonds. The molecule has 0 saturated carbocycles. The summed E-state index contributed by atoms with van der Waals surface area (Å²) in [6, 6.07) is 8.25. The Balaban J connectivity index is 1.52. The summed E-state index contributed by atoms with van der Waals surface area (Å²) in [4.78, 5) is 2.40. The van der Waals surface area contributed by atoms with Crippen LogP contribution in [0, 0.1) is 13.8 Å². The Morgan fingerprint density at radius 2 is 1.92 bits per heavy atom. The van der Waals surface area contributed by atoms with Gasteiger partial charge in [-0.1, -0.05) is 0 Å². The normalized spacial score (nSPS) is 19.1. The SMILES string of the molecule is Cc1ccc(CN(Cc2cc3c(cc2C)OCO3)CC2CCCO2)o1. The van der Waals surface area contributed by atoms with E-state index in [1.54, 1.807) is 0 Å². The third kappa shape index (κ3) is 3.83. The first kappa shape index (κ1) is 16.5. The highest BCUT2D eigenvalue weighted by Crippen LogP contribution is 2.35. The van der Waals surface area contributed by atoms with Crippen molar-refractivity contribution in [1.82, 2.24) is 4.90 Å². The second kappa shape index (κ2) is 7.10. The van der Waals surface area contributed by atoms with E-state index >= 15 is 0 Å². The molecule has 5 heteroatoms. The molecular weight excluding hydrogens is 318 g/mol. The van der Waals surface area contributed by atoms with Gasteiger partial charge in [-0.25, -0.2) is 0 Å². The van der Waals surface area contributed by atoms with E-state index < -0.39 is 0 Å². The van der Waals surface area contributed by atoms with Crippen LogP contribution in [0.2, 0.25) is 0 Å². The first-order chi connectivity index (χ1) is 12.2. The molecule has 2 aliphatic rings. The van der Waals surface area contributed by atoms with Gasteiger partial charge in [-0.15, -0.1) is 0 Å². The quantitative estimate of drug-likeness (QED) is 0.798. The van der Waals surface area contributed by atoms with Gasteiger partial charge in [0.15, 0.2) is 11.5 Å². The van der Waals surface area contributed by atoms with E-state index in [9.17, 15) is 0 Å². The monoisotopic (exact) mass is 343 g/mol. The number of hydrogen-bond acceptors (Lipinski definition) is 5. The molecular formula is C20H25NO4. The van der Waals surface area contributed by atoms with Gasteiger partial charge in [-0.05, 0) is 62.1 Å². The van der Waals surface area contributed by atoms with Crippen LogP contribution in [0.25, 0.3) is 0 Å². The Labute approximate surface area is 148 Å². The number of nitrogens with zero attached hydrogens (tertiary/aromatic N) is 1. The molecule has 134 valence electrons. The van der Waals surface area contributed by atoms with Crippen molar-refractivity contribution in [2.45, 2.75) is 45.9 Å². The van der Waals surface area contributed by atoms with E-state index in [2.05, 4.69) is 30.0 Å². The molecule has 2 aliphatic heterocycles. The van der Waals surface area contributed by atoms with Crippen LogP contribution < -0.4 is 9.47 Å². The van der Waals surface area contributed by atoms with Crippen LogP contribution >= 0.6 is 0 Å². The predicted molar refractivity (Wildman–Crippen MR) is 93.8 cm³/mol. The fourth-order valence-electron chi connectivity index (χ4n) is 3.55. The minimum absolute atomic E-state index is 0.309. The molecule has 1 unspecified atom stereocenters. The minimum Gasteiger partial charge on any atom is -0.465 e. The zero-order valence-corrected chi connectivity index (χ0v) is 14.9. The fourth-order valence-corrected chi connectivity index (χ4v) is 3.55. The summed E-state index contributed by atoms with van der Waals surface area (Å²) < 4.78 is 22.7. The summed E-state index contributed by atoms with van der Waals surface area (Å²) in [5, 5.41) is 0. The van der Waals surface area contributed by atoms with Crippen molar-refractivity contribution in [2.75, 3.05) is 19.9 Å². The smallest absolute Gasteiger partial charge is 0.231 e.